The lowest BCUT2D eigenvalue weighted by atomic mass is 9.80. The van der Waals surface area contributed by atoms with Crippen molar-refractivity contribution in [1.82, 2.24) is 15.3 Å². The first-order valence-corrected chi connectivity index (χ1v) is 9.63. The van der Waals surface area contributed by atoms with Crippen molar-refractivity contribution in [2.75, 3.05) is 13.7 Å². The number of aromatic nitrogens is 2. The molecule has 0 aliphatic heterocycles. The van der Waals surface area contributed by atoms with Gasteiger partial charge in [-0.05, 0) is 79.5 Å². The number of benzene rings is 2. The van der Waals surface area contributed by atoms with E-state index in [9.17, 15) is 4.79 Å². The maximum Gasteiger partial charge on any atom is 0.251 e. The van der Waals surface area contributed by atoms with Crippen molar-refractivity contribution in [1.29, 1.82) is 0 Å². The number of fused-ring (bicyclic) bond motifs is 2. The summed E-state index contributed by atoms with van der Waals surface area (Å²) in [5.41, 5.74) is 5.30. The molecule has 1 heterocycles. The van der Waals surface area contributed by atoms with Crippen LogP contribution in [0.4, 0.5) is 0 Å². The van der Waals surface area contributed by atoms with Crippen LogP contribution in [0.25, 0.3) is 11.0 Å². The maximum absolute atomic E-state index is 12.4. The first kappa shape index (κ1) is 17.6. The highest BCUT2D eigenvalue weighted by Crippen LogP contribution is 2.36. The van der Waals surface area contributed by atoms with Crippen LogP contribution in [-0.2, 0) is 6.42 Å². The Morgan fingerprint density at radius 2 is 2.22 bits per heavy atom. The largest absolute Gasteiger partial charge is 0.497 e. The fourth-order valence-electron chi connectivity index (χ4n) is 4.05. The fourth-order valence-corrected chi connectivity index (χ4v) is 4.05. The molecule has 2 aromatic carbocycles. The lowest BCUT2D eigenvalue weighted by Crippen LogP contribution is -2.25. The van der Waals surface area contributed by atoms with Crippen LogP contribution in [0.3, 0.4) is 0 Å². The molecule has 5 nitrogen and oxygen atoms in total. The number of hydrogen-bond donors (Lipinski definition) is 2. The summed E-state index contributed by atoms with van der Waals surface area (Å²) in [4.78, 5) is 19.6. The molecule has 0 saturated carbocycles. The molecule has 0 radical (unpaired) electrons. The van der Waals surface area contributed by atoms with Crippen LogP contribution < -0.4 is 10.1 Å². The predicted molar refractivity (Wildman–Crippen MR) is 106 cm³/mol. The molecule has 0 fully saturated rings. The minimum absolute atomic E-state index is 0.0275. The van der Waals surface area contributed by atoms with Gasteiger partial charge < -0.3 is 15.0 Å². The number of hydrogen-bond acceptors (Lipinski definition) is 3. The number of carbonyl (C=O) groups excluding carboxylic acids is 1. The molecule has 1 aliphatic carbocycles. The van der Waals surface area contributed by atoms with Crippen LogP contribution in [-0.4, -0.2) is 29.5 Å². The van der Waals surface area contributed by atoms with Gasteiger partial charge in [0, 0.05) is 12.1 Å². The molecule has 140 valence electrons. The monoisotopic (exact) mass is 363 g/mol. The molecule has 0 unspecified atom stereocenters. The average Bonchev–Trinajstić information content (AvgIpc) is 3.18. The molecule has 0 bridgehead atoms. The Hall–Kier alpha value is -2.82. The normalized spacial score (nSPS) is 16.1. The number of nitrogens with one attached hydrogen (secondary N) is 2. The van der Waals surface area contributed by atoms with Gasteiger partial charge in [-0.3, -0.25) is 4.79 Å². The SMILES string of the molecule is COc1ccc2c(c1)CCC[C@@H]2CCCNC(=O)c1ccc2nc[nH]c2c1. The number of ether oxygens (including phenoxy) is 1. The molecule has 1 atom stereocenters. The van der Waals surface area contributed by atoms with Crippen molar-refractivity contribution in [2.24, 2.45) is 0 Å². The molecular formula is C22H25N3O2. The molecule has 4 rings (SSSR count). The second-order valence-corrected chi connectivity index (χ2v) is 7.19. The van der Waals surface area contributed by atoms with Gasteiger partial charge in [0.1, 0.15) is 5.75 Å². The van der Waals surface area contributed by atoms with E-state index in [1.165, 1.54) is 24.0 Å². The summed E-state index contributed by atoms with van der Waals surface area (Å²) in [7, 11) is 1.72. The van der Waals surface area contributed by atoms with E-state index in [0.29, 0.717) is 18.0 Å². The standard InChI is InChI=1S/C22H25N3O2/c1-27-18-8-9-19-15(4-2-5-16(19)12-18)6-3-11-23-22(26)17-7-10-20-21(13-17)25-14-24-20/h7-10,12-15H,2-6,11H2,1H3,(H,23,26)(H,24,25)/t15-/m1/s1. The number of nitrogens with zero attached hydrogens (tertiary/aromatic N) is 1. The molecule has 0 spiro atoms. The van der Waals surface area contributed by atoms with Crippen LogP contribution in [0.15, 0.2) is 42.7 Å². The number of H-pyrrole nitrogens is 1. The zero-order chi connectivity index (χ0) is 18.6. The Morgan fingerprint density at radius 1 is 1.30 bits per heavy atom. The first-order chi connectivity index (χ1) is 13.2. The van der Waals surface area contributed by atoms with Crippen molar-refractivity contribution >= 4 is 16.9 Å². The molecule has 1 aliphatic rings. The average molecular weight is 363 g/mol. The molecule has 1 amide bonds. The molecule has 3 aromatic rings. The van der Waals surface area contributed by atoms with Gasteiger partial charge in [0.25, 0.3) is 5.91 Å². The summed E-state index contributed by atoms with van der Waals surface area (Å²) in [6, 6.07) is 12.0. The predicted octanol–water partition coefficient (Wildman–Crippen LogP) is 4.20. The summed E-state index contributed by atoms with van der Waals surface area (Å²) < 4.78 is 5.35. The quantitative estimate of drug-likeness (QED) is 0.645. The van der Waals surface area contributed by atoms with Gasteiger partial charge in [0.2, 0.25) is 0 Å². The van der Waals surface area contributed by atoms with E-state index in [1.54, 1.807) is 13.4 Å². The number of aryl methyl sites for hydroxylation is 1. The van der Waals surface area contributed by atoms with Crippen LogP contribution in [0.1, 0.15) is 53.1 Å². The third-order valence-corrected chi connectivity index (χ3v) is 5.49. The zero-order valence-electron chi connectivity index (χ0n) is 15.6. The summed E-state index contributed by atoms with van der Waals surface area (Å²) in [6.07, 6.45) is 7.30. The maximum atomic E-state index is 12.4. The van der Waals surface area contributed by atoms with Gasteiger partial charge in [-0.2, -0.15) is 0 Å². The Kier molecular flexibility index (Phi) is 5.10. The molecule has 27 heavy (non-hydrogen) atoms. The van der Waals surface area contributed by atoms with Gasteiger partial charge in [-0.1, -0.05) is 6.07 Å². The molecule has 1 aromatic heterocycles. The van der Waals surface area contributed by atoms with E-state index in [2.05, 4.69) is 33.5 Å². The Balaban J connectivity index is 1.31. The minimum Gasteiger partial charge on any atom is -0.497 e. The Labute approximate surface area is 159 Å². The van der Waals surface area contributed by atoms with E-state index in [1.807, 2.05) is 18.2 Å². The molecular weight excluding hydrogens is 338 g/mol. The highest BCUT2D eigenvalue weighted by Gasteiger charge is 2.20. The number of rotatable bonds is 6. The van der Waals surface area contributed by atoms with Gasteiger partial charge in [-0.15, -0.1) is 0 Å². The number of carbonyl (C=O) groups is 1. The third-order valence-electron chi connectivity index (χ3n) is 5.49. The van der Waals surface area contributed by atoms with Crippen LogP contribution in [0, 0.1) is 0 Å². The Bertz CT molecular complexity index is 948. The van der Waals surface area contributed by atoms with Crippen molar-refractivity contribution in [3.63, 3.8) is 0 Å². The van der Waals surface area contributed by atoms with Crippen LogP contribution in [0.5, 0.6) is 5.75 Å². The molecule has 2 N–H and O–H groups in total. The second-order valence-electron chi connectivity index (χ2n) is 7.19. The lowest BCUT2D eigenvalue weighted by Gasteiger charge is -2.26. The summed E-state index contributed by atoms with van der Waals surface area (Å²) >= 11 is 0. The number of amides is 1. The van der Waals surface area contributed by atoms with E-state index in [4.69, 9.17) is 4.74 Å². The highest BCUT2D eigenvalue weighted by molar-refractivity contribution is 5.97. The van der Waals surface area contributed by atoms with Crippen molar-refractivity contribution < 1.29 is 9.53 Å². The minimum atomic E-state index is -0.0275. The summed E-state index contributed by atoms with van der Waals surface area (Å²) in [5, 5.41) is 3.04. The molecule has 5 heteroatoms. The van der Waals surface area contributed by atoms with E-state index in [0.717, 1.165) is 36.0 Å². The van der Waals surface area contributed by atoms with Crippen molar-refractivity contribution in [3.05, 3.63) is 59.4 Å². The smallest absolute Gasteiger partial charge is 0.251 e. The zero-order valence-corrected chi connectivity index (χ0v) is 15.6. The second kappa shape index (κ2) is 7.82. The topological polar surface area (TPSA) is 67.0 Å². The van der Waals surface area contributed by atoms with E-state index >= 15 is 0 Å². The van der Waals surface area contributed by atoms with Crippen LogP contribution >= 0.6 is 0 Å². The summed E-state index contributed by atoms with van der Waals surface area (Å²) in [5.74, 6) is 1.49. The van der Waals surface area contributed by atoms with E-state index in [-0.39, 0.29) is 5.91 Å². The van der Waals surface area contributed by atoms with Gasteiger partial charge in [-0.25, -0.2) is 4.98 Å². The first-order valence-electron chi connectivity index (χ1n) is 9.63. The number of imidazole rings is 1. The number of methoxy groups -OCH3 is 1. The van der Waals surface area contributed by atoms with Gasteiger partial charge >= 0.3 is 0 Å². The number of aromatic amines is 1. The third kappa shape index (κ3) is 3.82. The van der Waals surface area contributed by atoms with Gasteiger partial charge in [0.05, 0.1) is 24.5 Å². The van der Waals surface area contributed by atoms with Crippen LogP contribution in [0.2, 0.25) is 0 Å². The van der Waals surface area contributed by atoms with Crippen molar-refractivity contribution in [2.45, 2.75) is 38.0 Å². The Morgan fingerprint density at radius 3 is 3.11 bits per heavy atom. The fraction of sp³-hybridized carbons (Fsp3) is 0.364. The van der Waals surface area contributed by atoms with Crippen molar-refractivity contribution in [3.8, 4) is 5.75 Å². The summed E-state index contributed by atoms with van der Waals surface area (Å²) in [6.45, 7) is 0.696. The molecule has 0 saturated heterocycles. The van der Waals surface area contributed by atoms with E-state index < -0.39 is 0 Å². The van der Waals surface area contributed by atoms with Gasteiger partial charge in [0.15, 0.2) is 0 Å². The lowest BCUT2D eigenvalue weighted by molar-refractivity contribution is 0.0953. The highest BCUT2D eigenvalue weighted by atomic mass is 16.5.